The molecule has 1 aromatic carbocycles. The smallest absolute Gasteiger partial charge is 0.404 e. The molecule has 2 atom stereocenters. The lowest BCUT2D eigenvalue weighted by Gasteiger charge is -2.14. The van der Waals surface area contributed by atoms with Crippen molar-refractivity contribution in [2.75, 3.05) is 6.61 Å². The van der Waals surface area contributed by atoms with Gasteiger partial charge in [0.15, 0.2) is 0 Å². The maximum absolute atomic E-state index is 10.6. The van der Waals surface area contributed by atoms with Crippen LogP contribution in [0.1, 0.15) is 5.56 Å². The molecular weight excluding hydrogens is 321 g/mol. The molecular formula is C11H12INO3. The van der Waals surface area contributed by atoms with Gasteiger partial charge in [0.1, 0.15) is 6.10 Å². The fraction of sp³-hybridized carbons (Fsp3) is 0.364. The van der Waals surface area contributed by atoms with Crippen molar-refractivity contribution in [3.63, 3.8) is 0 Å². The van der Waals surface area contributed by atoms with E-state index in [1.807, 2.05) is 24.3 Å². The second-order valence-electron chi connectivity index (χ2n) is 3.76. The van der Waals surface area contributed by atoms with E-state index < -0.39 is 6.09 Å². The van der Waals surface area contributed by atoms with Crippen molar-refractivity contribution in [1.29, 1.82) is 0 Å². The van der Waals surface area contributed by atoms with Gasteiger partial charge < -0.3 is 15.2 Å². The SMILES string of the molecule is O=C(O)NC(Cc1ccc(I)cc1)[C@@H]1CO1. The van der Waals surface area contributed by atoms with Gasteiger partial charge in [-0.1, -0.05) is 12.1 Å². The van der Waals surface area contributed by atoms with Crippen LogP contribution in [0.5, 0.6) is 0 Å². The van der Waals surface area contributed by atoms with Gasteiger partial charge in [0.2, 0.25) is 0 Å². The van der Waals surface area contributed by atoms with Gasteiger partial charge in [-0.3, -0.25) is 0 Å². The Labute approximate surface area is 107 Å². The second-order valence-corrected chi connectivity index (χ2v) is 5.00. The zero-order valence-corrected chi connectivity index (χ0v) is 10.7. The molecule has 0 saturated carbocycles. The number of epoxide rings is 1. The lowest BCUT2D eigenvalue weighted by molar-refractivity contribution is 0.186. The topological polar surface area (TPSA) is 61.9 Å². The van der Waals surface area contributed by atoms with Crippen LogP contribution in [0.25, 0.3) is 0 Å². The average Bonchev–Trinajstić information content (AvgIpc) is 3.03. The minimum atomic E-state index is -0.994. The van der Waals surface area contributed by atoms with Crippen molar-refractivity contribution in [3.8, 4) is 0 Å². The van der Waals surface area contributed by atoms with E-state index in [9.17, 15) is 4.79 Å². The number of rotatable bonds is 4. The molecule has 1 amide bonds. The molecule has 0 bridgehead atoms. The van der Waals surface area contributed by atoms with Crippen LogP contribution < -0.4 is 5.32 Å². The summed E-state index contributed by atoms with van der Waals surface area (Å²) in [4.78, 5) is 10.6. The number of hydrogen-bond acceptors (Lipinski definition) is 2. The first-order chi connectivity index (χ1) is 7.65. The van der Waals surface area contributed by atoms with E-state index in [1.165, 1.54) is 3.57 Å². The van der Waals surface area contributed by atoms with Gasteiger partial charge >= 0.3 is 6.09 Å². The summed E-state index contributed by atoms with van der Waals surface area (Å²) in [6.07, 6.45) is -0.283. The number of hydrogen-bond donors (Lipinski definition) is 2. The van der Waals surface area contributed by atoms with E-state index in [4.69, 9.17) is 9.84 Å². The van der Waals surface area contributed by atoms with Gasteiger partial charge in [0, 0.05) is 3.57 Å². The highest BCUT2D eigenvalue weighted by Crippen LogP contribution is 2.18. The standard InChI is InChI=1S/C11H12INO3/c12-8-3-1-7(2-4-8)5-9(10-6-16-10)13-11(14)15/h1-4,9-10,13H,5-6H2,(H,14,15)/t9?,10-/m0/s1. The summed E-state index contributed by atoms with van der Waals surface area (Å²) in [6.45, 7) is 0.648. The molecule has 1 aromatic rings. The molecule has 0 aliphatic carbocycles. The first-order valence-electron chi connectivity index (χ1n) is 5.00. The lowest BCUT2D eigenvalue weighted by atomic mass is 10.0. The van der Waals surface area contributed by atoms with E-state index in [1.54, 1.807) is 0 Å². The monoisotopic (exact) mass is 333 g/mol. The molecule has 2 rings (SSSR count). The Morgan fingerprint density at radius 2 is 2.19 bits per heavy atom. The first kappa shape index (κ1) is 11.7. The molecule has 1 fully saturated rings. The van der Waals surface area contributed by atoms with E-state index in [-0.39, 0.29) is 12.1 Å². The highest BCUT2D eigenvalue weighted by atomic mass is 127. The van der Waals surface area contributed by atoms with Crippen LogP contribution in [0, 0.1) is 3.57 Å². The highest BCUT2D eigenvalue weighted by molar-refractivity contribution is 14.1. The van der Waals surface area contributed by atoms with Crippen LogP contribution in [0.4, 0.5) is 4.79 Å². The highest BCUT2D eigenvalue weighted by Gasteiger charge is 2.33. The summed E-state index contributed by atoms with van der Waals surface area (Å²) in [5, 5.41) is 11.2. The molecule has 1 aliphatic heterocycles. The van der Waals surface area contributed by atoms with Crippen LogP contribution in [-0.4, -0.2) is 30.0 Å². The second kappa shape index (κ2) is 5.01. The summed E-state index contributed by atoms with van der Waals surface area (Å²) in [5.41, 5.74) is 1.12. The maximum atomic E-state index is 10.6. The van der Waals surface area contributed by atoms with Gasteiger partial charge in [-0.05, 0) is 46.7 Å². The molecule has 0 spiro atoms. The Bertz CT molecular complexity index is 375. The summed E-state index contributed by atoms with van der Waals surface area (Å²) < 4.78 is 6.31. The zero-order chi connectivity index (χ0) is 11.5. The number of halogens is 1. The fourth-order valence-electron chi connectivity index (χ4n) is 1.60. The molecule has 0 aromatic heterocycles. The normalized spacial score (nSPS) is 20.2. The largest absolute Gasteiger partial charge is 0.465 e. The number of amides is 1. The zero-order valence-electron chi connectivity index (χ0n) is 8.52. The average molecular weight is 333 g/mol. The summed E-state index contributed by atoms with van der Waals surface area (Å²) in [6, 6.07) is 7.92. The van der Waals surface area contributed by atoms with Gasteiger partial charge in [0.25, 0.3) is 0 Å². The quantitative estimate of drug-likeness (QED) is 0.653. The Morgan fingerprint density at radius 1 is 1.56 bits per heavy atom. The van der Waals surface area contributed by atoms with Crippen molar-refractivity contribution >= 4 is 28.7 Å². The Kier molecular flexibility index (Phi) is 3.65. The van der Waals surface area contributed by atoms with E-state index in [0.29, 0.717) is 13.0 Å². The van der Waals surface area contributed by atoms with Gasteiger partial charge in [-0.2, -0.15) is 0 Å². The number of carbonyl (C=O) groups is 1. The molecule has 1 heterocycles. The van der Waals surface area contributed by atoms with Gasteiger partial charge in [-0.15, -0.1) is 0 Å². The molecule has 0 radical (unpaired) electrons. The van der Waals surface area contributed by atoms with E-state index in [2.05, 4.69) is 27.9 Å². The van der Waals surface area contributed by atoms with Crippen molar-refractivity contribution in [1.82, 2.24) is 5.32 Å². The molecule has 1 aliphatic rings. The molecule has 4 nitrogen and oxygen atoms in total. The van der Waals surface area contributed by atoms with Crippen molar-refractivity contribution in [2.45, 2.75) is 18.6 Å². The van der Waals surface area contributed by atoms with Crippen molar-refractivity contribution in [3.05, 3.63) is 33.4 Å². The number of ether oxygens (including phenoxy) is 1. The van der Waals surface area contributed by atoms with E-state index in [0.717, 1.165) is 5.56 Å². The molecule has 1 unspecified atom stereocenters. The molecule has 5 heteroatoms. The minimum absolute atomic E-state index is 0.0374. The Hall–Kier alpha value is -0.820. The summed E-state index contributed by atoms with van der Waals surface area (Å²) in [7, 11) is 0. The molecule has 16 heavy (non-hydrogen) atoms. The molecule has 2 N–H and O–H groups in total. The maximum Gasteiger partial charge on any atom is 0.404 e. The van der Waals surface area contributed by atoms with Crippen LogP contribution in [0.2, 0.25) is 0 Å². The predicted molar refractivity (Wildman–Crippen MR) is 67.6 cm³/mol. The van der Waals surface area contributed by atoms with Gasteiger partial charge in [-0.25, -0.2) is 4.79 Å². The van der Waals surface area contributed by atoms with Crippen LogP contribution in [0.3, 0.4) is 0 Å². The number of benzene rings is 1. The van der Waals surface area contributed by atoms with Gasteiger partial charge in [0.05, 0.1) is 12.6 Å². The summed E-state index contributed by atoms with van der Waals surface area (Å²) >= 11 is 2.24. The van der Waals surface area contributed by atoms with E-state index >= 15 is 0 Å². The first-order valence-corrected chi connectivity index (χ1v) is 6.08. The van der Waals surface area contributed by atoms with Crippen LogP contribution in [-0.2, 0) is 11.2 Å². The van der Waals surface area contributed by atoms with Crippen molar-refractivity contribution in [2.24, 2.45) is 0 Å². The lowest BCUT2D eigenvalue weighted by Crippen LogP contribution is -2.39. The number of carboxylic acid groups (broad SMARTS) is 1. The van der Waals surface area contributed by atoms with Crippen LogP contribution >= 0.6 is 22.6 Å². The summed E-state index contributed by atoms with van der Waals surface area (Å²) in [5.74, 6) is 0. The van der Waals surface area contributed by atoms with Crippen LogP contribution in [0.15, 0.2) is 24.3 Å². The predicted octanol–water partition coefficient (Wildman–Crippen LogP) is 1.87. The Balaban J connectivity index is 1.99. The Morgan fingerprint density at radius 3 is 2.69 bits per heavy atom. The third kappa shape index (κ3) is 3.34. The van der Waals surface area contributed by atoms with Crippen molar-refractivity contribution < 1.29 is 14.6 Å². The molecule has 86 valence electrons. The number of nitrogens with one attached hydrogen (secondary N) is 1. The fourth-order valence-corrected chi connectivity index (χ4v) is 1.96. The third-order valence-corrected chi connectivity index (χ3v) is 3.20. The third-order valence-electron chi connectivity index (χ3n) is 2.49. The molecule has 1 saturated heterocycles. The minimum Gasteiger partial charge on any atom is -0.465 e.